The van der Waals surface area contributed by atoms with Crippen LogP contribution in [-0.4, -0.2) is 14.8 Å². The molecule has 0 bridgehead atoms. The predicted octanol–water partition coefficient (Wildman–Crippen LogP) is 18.9. The average molecular weight is 1090 g/mol. The molecule has 0 fully saturated rings. The summed E-state index contributed by atoms with van der Waals surface area (Å²) in [5.41, 5.74) is 25.3. The Balaban J connectivity index is 1.21. The van der Waals surface area contributed by atoms with E-state index in [1.165, 1.54) is 89.9 Å². The molecule has 13 rings (SSSR count). The monoisotopic (exact) mass is 1090 g/mol. The first-order chi connectivity index (χ1) is 37.9. The van der Waals surface area contributed by atoms with Gasteiger partial charge >= 0.3 is 0 Å². The van der Waals surface area contributed by atoms with Gasteiger partial charge in [-0.25, -0.2) is 0 Å². The van der Waals surface area contributed by atoms with Gasteiger partial charge in [0.05, 0.1) is 25.1 Å². The smallest absolute Gasteiger partial charge is 0.297 e. The van der Waals surface area contributed by atoms with Gasteiger partial charge in [0, 0.05) is 45.2 Å². The van der Waals surface area contributed by atoms with E-state index in [2.05, 4.69) is 272 Å². The van der Waals surface area contributed by atoms with Gasteiger partial charge in [0.1, 0.15) is 5.58 Å². The Morgan fingerprint density at radius 3 is 1.44 bits per heavy atom. The van der Waals surface area contributed by atoms with Crippen LogP contribution in [0, 0.1) is 0 Å². The molecule has 0 unspecified atom stereocenters. The van der Waals surface area contributed by atoms with Crippen LogP contribution in [0.5, 0.6) is 0 Å². The van der Waals surface area contributed by atoms with E-state index >= 15 is 0 Å². The number of anilines is 9. The van der Waals surface area contributed by atoms with Crippen molar-refractivity contribution in [1.29, 1.82) is 0 Å². The van der Waals surface area contributed by atoms with E-state index in [0.717, 1.165) is 71.5 Å². The van der Waals surface area contributed by atoms with Crippen LogP contribution >= 0.6 is 0 Å². The number of para-hydroxylation sites is 1. The second-order valence-electron chi connectivity index (χ2n) is 31.5. The fourth-order valence-corrected chi connectivity index (χ4v) is 16.4. The van der Waals surface area contributed by atoms with Crippen molar-refractivity contribution < 1.29 is 4.42 Å². The van der Waals surface area contributed by atoms with Crippen molar-refractivity contribution in [2.75, 3.05) is 14.7 Å². The van der Waals surface area contributed by atoms with Gasteiger partial charge in [-0.1, -0.05) is 183 Å². The van der Waals surface area contributed by atoms with Crippen LogP contribution in [-0.2, 0) is 37.9 Å². The Bertz CT molecular complexity index is 3880. The maximum absolute atomic E-state index is 7.69. The molecule has 81 heavy (non-hydrogen) atoms. The van der Waals surface area contributed by atoms with Gasteiger partial charge in [-0.15, -0.1) is 0 Å². The Hall–Kier alpha value is -6.24. The largest absolute Gasteiger partial charge is 0.468 e. The van der Waals surface area contributed by atoms with E-state index in [9.17, 15) is 0 Å². The molecule has 3 aliphatic carbocycles. The van der Waals surface area contributed by atoms with Crippen LogP contribution in [0.25, 0.3) is 11.0 Å². The highest BCUT2D eigenvalue weighted by atomic mass is 28.3. The number of nitrogens with zero attached hydrogens (tertiary/aromatic N) is 3. The third-order valence-electron chi connectivity index (χ3n) is 20.9. The van der Waals surface area contributed by atoms with Crippen molar-refractivity contribution in [2.45, 2.75) is 200 Å². The third kappa shape index (κ3) is 8.47. The number of rotatable bonds is 6. The van der Waals surface area contributed by atoms with Gasteiger partial charge in [0.25, 0.3) is 6.71 Å². The van der Waals surface area contributed by atoms with Crippen LogP contribution in [0.15, 0.2) is 138 Å². The van der Waals surface area contributed by atoms with Gasteiger partial charge in [0.2, 0.25) is 0 Å². The summed E-state index contributed by atoms with van der Waals surface area (Å²) in [5.74, 6) is 0. The summed E-state index contributed by atoms with van der Waals surface area (Å²) in [7, 11) is -1.61. The Kier molecular flexibility index (Phi) is 11.8. The summed E-state index contributed by atoms with van der Waals surface area (Å²) in [4.78, 5) is 7.90. The lowest BCUT2D eigenvalue weighted by molar-refractivity contribution is 0.332. The molecule has 0 radical (unpaired) electrons. The number of fused-ring (bicyclic) bond motifs is 9. The molecule has 4 nitrogen and oxygen atoms in total. The van der Waals surface area contributed by atoms with E-state index in [1.807, 2.05) is 0 Å². The van der Waals surface area contributed by atoms with E-state index in [-0.39, 0.29) is 44.6 Å². The quantitative estimate of drug-likeness (QED) is 0.155. The predicted molar refractivity (Wildman–Crippen MR) is 352 cm³/mol. The molecule has 2 aliphatic heterocycles. The number of benzene rings is 7. The van der Waals surface area contributed by atoms with Crippen molar-refractivity contribution in [3.63, 3.8) is 0 Å². The first kappa shape index (κ1) is 54.0. The molecule has 0 N–H and O–H groups in total. The first-order valence-corrected chi connectivity index (χ1v) is 34.2. The SMILES string of the molecule is CC(C)(C)c1ccc2oc3c(c2c1)N(c1ccc2c(c1)C(C)(C)CCC2(C)C)c1cc(N(c2ccccc2)c2ccc([Si](C)(C)C)cc2)cc2c1B3c1cc3c(cc1N2c1ccc2c(c1)C(C)(C)CCC2(C)C)C(C)(C)CCC3(C)C. The highest BCUT2D eigenvalue weighted by Gasteiger charge is 2.51. The summed E-state index contributed by atoms with van der Waals surface area (Å²) in [6.45, 7) is 43.9. The third-order valence-corrected chi connectivity index (χ3v) is 23.0. The summed E-state index contributed by atoms with van der Waals surface area (Å²) in [6.07, 6.45) is 6.90. The number of hydrogen-bond donors (Lipinski definition) is 0. The maximum Gasteiger partial charge on any atom is 0.297 e. The molecular formula is C75H88BN3OSi. The normalized spacial score (nSPS) is 19.5. The van der Waals surface area contributed by atoms with Crippen LogP contribution in [0.4, 0.5) is 51.2 Å². The number of hydrogen-bond acceptors (Lipinski definition) is 4. The van der Waals surface area contributed by atoms with Crippen molar-refractivity contribution >= 4 is 98.7 Å². The van der Waals surface area contributed by atoms with Crippen molar-refractivity contribution in [3.05, 3.63) is 172 Å². The van der Waals surface area contributed by atoms with Crippen molar-refractivity contribution in [2.24, 2.45) is 0 Å². The molecule has 0 saturated carbocycles. The molecule has 7 aromatic carbocycles. The first-order valence-electron chi connectivity index (χ1n) is 30.7. The molecule has 0 spiro atoms. The fraction of sp³-hybridized carbons (Fsp3) is 0.413. The van der Waals surface area contributed by atoms with Crippen LogP contribution in [0.3, 0.4) is 0 Å². The van der Waals surface area contributed by atoms with Crippen LogP contribution < -0.4 is 36.5 Å². The maximum atomic E-state index is 7.69. The molecule has 5 aliphatic rings. The van der Waals surface area contributed by atoms with Crippen LogP contribution in [0.2, 0.25) is 19.6 Å². The summed E-state index contributed by atoms with van der Waals surface area (Å²) in [5, 5.41) is 2.62. The van der Waals surface area contributed by atoms with Gasteiger partial charge in [-0.2, -0.15) is 0 Å². The molecule has 0 atom stereocenters. The zero-order chi connectivity index (χ0) is 57.5. The minimum atomic E-state index is -1.61. The second kappa shape index (κ2) is 17.6. The minimum Gasteiger partial charge on any atom is -0.468 e. The molecule has 1 aromatic heterocycles. The topological polar surface area (TPSA) is 22.9 Å². The zero-order valence-corrected chi connectivity index (χ0v) is 53.3. The van der Waals surface area contributed by atoms with Crippen LogP contribution in [0.1, 0.15) is 181 Å². The molecule has 0 amide bonds. The number of furan rings is 1. The van der Waals surface area contributed by atoms with E-state index in [0.29, 0.717) is 0 Å². The Morgan fingerprint density at radius 1 is 0.457 bits per heavy atom. The fourth-order valence-electron chi connectivity index (χ4n) is 15.2. The Labute approximate surface area is 487 Å². The van der Waals surface area contributed by atoms with Gasteiger partial charge in [-0.3, -0.25) is 0 Å². The molecule has 416 valence electrons. The van der Waals surface area contributed by atoms with Gasteiger partial charge in [0.15, 0.2) is 0 Å². The summed E-state index contributed by atoms with van der Waals surface area (Å²) < 4.78 is 7.69. The lowest BCUT2D eigenvalue weighted by atomic mass is 9.35. The van der Waals surface area contributed by atoms with E-state index < -0.39 is 8.07 Å². The lowest BCUT2D eigenvalue weighted by Crippen LogP contribution is -2.61. The summed E-state index contributed by atoms with van der Waals surface area (Å²) >= 11 is 0. The Morgan fingerprint density at radius 2 is 0.926 bits per heavy atom. The second-order valence-corrected chi connectivity index (χ2v) is 36.5. The molecule has 0 saturated heterocycles. The van der Waals surface area contributed by atoms with Crippen molar-refractivity contribution in [3.8, 4) is 0 Å². The average Bonchev–Trinajstić information content (AvgIpc) is 2.07. The molecular weight excluding hydrogens is 998 g/mol. The molecule has 3 heterocycles. The highest BCUT2D eigenvalue weighted by Crippen LogP contribution is 2.56. The highest BCUT2D eigenvalue weighted by molar-refractivity contribution is 7.00. The standard InChI is InChI=1S/C75H88BN3OSi/c1-69(2,3)47-24-33-65-54(40-47)67-68(80-65)76-61-45-59-60(75(14,15)39-38-74(59,12)13)46-62(61)78(50-27-31-55-57(41-50)72(8,9)36-34-70(55,4)5)63-43-52(77(48-22-20-19-21-23-48)49-25-29-53(30-26-49)81(16,17)18)44-64(66(63)76)79(67)51-28-32-56-58(42-51)73(10,11)37-35-71(56,6)7/h19-33,40-46H,34-39H2,1-18H3. The molecule has 6 heteroatoms. The van der Waals surface area contributed by atoms with Gasteiger partial charge < -0.3 is 19.1 Å². The van der Waals surface area contributed by atoms with Gasteiger partial charge in [-0.05, 0) is 205 Å². The zero-order valence-electron chi connectivity index (χ0n) is 52.3. The van der Waals surface area contributed by atoms with E-state index in [1.54, 1.807) is 0 Å². The van der Waals surface area contributed by atoms with E-state index in [4.69, 9.17) is 4.42 Å². The summed E-state index contributed by atoms with van der Waals surface area (Å²) in [6, 6.07) is 53.3. The van der Waals surface area contributed by atoms with Crippen molar-refractivity contribution in [1.82, 2.24) is 0 Å². The minimum absolute atomic E-state index is 0.00244. The lowest BCUT2D eigenvalue weighted by Gasteiger charge is -2.47. The molecule has 8 aromatic rings.